The number of hydrogen-bond donors (Lipinski definition) is 1. The Kier molecular flexibility index (Phi) is 4.70. The molecule has 2 heterocycles. The molecule has 9 heteroatoms. The minimum atomic E-state index is -0.330. The van der Waals surface area contributed by atoms with E-state index in [1.54, 1.807) is 46.0 Å². The van der Waals surface area contributed by atoms with E-state index in [-0.39, 0.29) is 5.91 Å². The largest absolute Gasteiger partial charge is 0.321 e. The topological polar surface area (TPSA) is 64.7 Å². The van der Waals surface area contributed by atoms with Crippen molar-refractivity contribution in [3.63, 3.8) is 0 Å². The Morgan fingerprint density at radius 1 is 1.22 bits per heavy atom. The third-order valence-corrected chi connectivity index (χ3v) is 4.09. The predicted octanol–water partition coefficient (Wildman–Crippen LogP) is 3.91. The van der Waals surface area contributed by atoms with Crippen molar-refractivity contribution in [3.8, 4) is 0 Å². The van der Waals surface area contributed by atoms with Crippen LogP contribution < -0.4 is 5.32 Å². The van der Waals surface area contributed by atoms with Crippen LogP contribution in [0.2, 0.25) is 10.0 Å². The first-order chi connectivity index (χ1) is 11.0. The van der Waals surface area contributed by atoms with E-state index in [1.165, 1.54) is 0 Å². The lowest BCUT2D eigenvalue weighted by Gasteiger charge is -2.05. The molecule has 2 aromatic heterocycles. The van der Waals surface area contributed by atoms with Crippen LogP contribution in [0.5, 0.6) is 0 Å². The van der Waals surface area contributed by atoms with Crippen molar-refractivity contribution in [3.05, 3.63) is 63.1 Å². The van der Waals surface area contributed by atoms with Gasteiger partial charge in [-0.05, 0) is 40.2 Å². The molecule has 0 radical (unpaired) electrons. The number of anilines is 1. The van der Waals surface area contributed by atoms with Gasteiger partial charge >= 0.3 is 0 Å². The Labute approximate surface area is 150 Å². The highest BCUT2D eigenvalue weighted by Gasteiger charge is 2.11. The summed E-state index contributed by atoms with van der Waals surface area (Å²) in [4.78, 5) is 12.2. The van der Waals surface area contributed by atoms with Gasteiger partial charge in [0.25, 0.3) is 5.91 Å². The zero-order valence-electron chi connectivity index (χ0n) is 11.6. The number of nitrogens with zero attached hydrogens (tertiary/aromatic N) is 4. The zero-order valence-corrected chi connectivity index (χ0v) is 14.7. The Morgan fingerprint density at radius 2 is 2.04 bits per heavy atom. The summed E-state index contributed by atoms with van der Waals surface area (Å²) >= 11 is 15.1. The van der Waals surface area contributed by atoms with Crippen molar-refractivity contribution >= 4 is 50.7 Å². The normalized spacial score (nSPS) is 10.7. The van der Waals surface area contributed by atoms with Crippen LogP contribution in [0.1, 0.15) is 10.5 Å². The maximum atomic E-state index is 12.2. The molecule has 1 N–H and O–H groups in total. The van der Waals surface area contributed by atoms with Crippen LogP contribution in [0.15, 0.2) is 47.3 Å². The van der Waals surface area contributed by atoms with E-state index >= 15 is 0 Å². The van der Waals surface area contributed by atoms with Gasteiger partial charge in [0.1, 0.15) is 6.67 Å². The summed E-state index contributed by atoms with van der Waals surface area (Å²) in [6.07, 6.45) is 5.21. The molecule has 0 saturated carbocycles. The highest BCUT2D eigenvalue weighted by Crippen LogP contribution is 2.25. The lowest BCUT2D eigenvalue weighted by Crippen LogP contribution is -2.14. The number of nitrogens with one attached hydrogen (secondary N) is 1. The van der Waals surface area contributed by atoms with Crippen LogP contribution in [0.4, 0.5) is 5.69 Å². The van der Waals surface area contributed by atoms with Crippen LogP contribution in [0.25, 0.3) is 0 Å². The average molecular weight is 415 g/mol. The maximum Gasteiger partial charge on any atom is 0.276 e. The quantitative estimate of drug-likeness (QED) is 0.703. The van der Waals surface area contributed by atoms with Crippen LogP contribution in [0.3, 0.4) is 0 Å². The lowest BCUT2D eigenvalue weighted by atomic mass is 10.3. The fraction of sp³-hybridized carbons (Fsp3) is 0.0714. The third kappa shape index (κ3) is 3.93. The van der Waals surface area contributed by atoms with Crippen LogP contribution >= 0.6 is 39.1 Å². The molecule has 0 saturated heterocycles. The summed E-state index contributed by atoms with van der Waals surface area (Å²) in [6, 6.07) is 6.50. The molecular weight excluding hydrogens is 405 g/mol. The number of amides is 1. The number of aromatic nitrogens is 4. The molecule has 0 aliphatic heterocycles. The van der Waals surface area contributed by atoms with Gasteiger partial charge in [0, 0.05) is 18.1 Å². The van der Waals surface area contributed by atoms with E-state index in [1.807, 2.05) is 6.20 Å². The van der Waals surface area contributed by atoms with E-state index < -0.39 is 0 Å². The van der Waals surface area contributed by atoms with E-state index in [0.717, 1.165) is 4.47 Å². The number of carbonyl (C=O) groups excluding carboxylic acids is 1. The van der Waals surface area contributed by atoms with E-state index in [2.05, 4.69) is 31.4 Å². The Morgan fingerprint density at radius 3 is 2.74 bits per heavy atom. The van der Waals surface area contributed by atoms with Gasteiger partial charge in [-0.1, -0.05) is 23.2 Å². The second-order valence-corrected chi connectivity index (χ2v) is 6.39. The molecule has 0 fully saturated rings. The average Bonchev–Trinajstić information content (AvgIpc) is 3.13. The number of hydrogen-bond acceptors (Lipinski definition) is 3. The molecule has 3 aromatic rings. The Hall–Kier alpha value is -1.83. The van der Waals surface area contributed by atoms with Gasteiger partial charge in [-0.15, -0.1) is 0 Å². The second kappa shape index (κ2) is 6.74. The summed E-state index contributed by atoms with van der Waals surface area (Å²) in [5, 5.41) is 11.9. The molecule has 6 nitrogen and oxygen atoms in total. The van der Waals surface area contributed by atoms with Crippen LogP contribution in [-0.4, -0.2) is 25.5 Å². The van der Waals surface area contributed by atoms with Gasteiger partial charge in [0.15, 0.2) is 5.69 Å². The number of benzene rings is 1. The Bertz CT molecular complexity index is 860. The molecule has 3 rings (SSSR count). The highest BCUT2D eigenvalue weighted by molar-refractivity contribution is 9.10. The maximum absolute atomic E-state index is 12.2. The summed E-state index contributed by atoms with van der Waals surface area (Å²) in [6.45, 7) is 0.408. The molecule has 118 valence electrons. The second-order valence-electron chi connectivity index (χ2n) is 4.66. The van der Waals surface area contributed by atoms with Crippen molar-refractivity contribution in [2.75, 3.05) is 5.32 Å². The van der Waals surface area contributed by atoms with Gasteiger partial charge in [-0.2, -0.15) is 10.2 Å². The minimum absolute atomic E-state index is 0.294. The van der Waals surface area contributed by atoms with Gasteiger partial charge < -0.3 is 5.32 Å². The molecule has 0 aliphatic rings. The van der Waals surface area contributed by atoms with E-state index in [9.17, 15) is 4.79 Å². The van der Waals surface area contributed by atoms with Crippen molar-refractivity contribution in [2.45, 2.75) is 6.67 Å². The SMILES string of the molecule is O=C(Nc1ccc(Cl)c(Cl)c1)c1ccn(Cn2cc(Br)cn2)n1. The highest BCUT2D eigenvalue weighted by atomic mass is 79.9. The molecule has 0 bridgehead atoms. The molecular formula is C14H10BrCl2N5O. The fourth-order valence-corrected chi connectivity index (χ4v) is 2.52. The molecule has 0 atom stereocenters. The first kappa shape index (κ1) is 16.0. The van der Waals surface area contributed by atoms with E-state index in [4.69, 9.17) is 23.2 Å². The fourth-order valence-electron chi connectivity index (χ4n) is 1.89. The third-order valence-electron chi connectivity index (χ3n) is 2.94. The number of rotatable bonds is 4. The first-order valence-corrected chi connectivity index (χ1v) is 8.04. The van der Waals surface area contributed by atoms with Crippen LogP contribution in [-0.2, 0) is 6.67 Å². The van der Waals surface area contributed by atoms with Gasteiger partial charge in [0.2, 0.25) is 0 Å². The standard InChI is InChI=1S/C14H10BrCl2N5O/c15-9-6-18-22(7-9)8-21-4-3-13(20-21)14(23)19-10-1-2-11(16)12(17)5-10/h1-7H,8H2,(H,19,23). The summed E-state index contributed by atoms with van der Waals surface area (Å²) in [5.74, 6) is -0.330. The molecule has 1 amide bonds. The molecule has 0 unspecified atom stereocenters. The zero-order chi connectivity index (χ0) is 16.4. The van der Waals surface area contributed by atoms with Crippen LogP contribution in [0, 0.1) is 0 Å². The number of halogens is 3. The lowest BCUT2D eigenvalue weighted by molar-refractivity contribution is 0.102. The predicted molar refractivity (Wildman–Crippen MR) is 92.0 cm³/mol. The minimum Gasteiger partial charge on any atom is -0.321 e. The molecule has 0 aliphatic carbocycles. The monoisotopic (exact) mass is 413 g/mol. The summed E-state index contributed by atoms with van der Waals surface area (Å²) in [5.41, 5.74) is 0.845. The molecule has 1 aromatic carbocycles. The Balaban J connectivity index is 1.69. The van der Waals surface area contributed by atoms with Crippen molar-refractivity contribution in [1.82, 2.24) is 19.6 Å². The number of carbonyl (C=O) groups is 1. The van der Waals surface area contributed by atoms with Crippen molar-refractivity contribution in [2.24, 2.45) is 0 Å². The van der Waals surface area contributed by atoms with E-state index in [0.29, 0.717) is 28.1 Å². The van der Waals surface area contributed by atoms with Crippen molar-refractivity contribution in [1.29, 1.82) is 0 Å². The first-order valence-electron chi connectivity index (χ1n) is 6.49. The summed E-state index contributed by atoms with van der Waals surface area (Å²) in [7, 11) is 0. The van der Waals surface area contributed by atoms with Gasteiger partial charge in [-0.25, -0.2) is 4.68 Å². The molecule has 23 heavy (non-hydrogen) atoms. The van der Waals surface area contributed by atoms with Gasteiger partial charge in [-0.3, -0.25) is 9.48 Å². The van der Waals surface area contributed by atoms with Gasteiger partial charge in [0.05, 0.1) is 20.7 Å². The molecule has 0 spiro atoms. The smallest absolute Gasteiger partial charge is 0.276 e. The summed E-state index contributed by atoms with van der Waals surface area (Å²) < 4.78 is 4.18. The van der Waals surface area contributed by atoms with Crippen molar-refractivity contribution < 1.29 is 4.79 Å².